The van der Waals surface area contributed by atoms with E-state index in [2.05, 4.69) is 29.1 Å². The third-order valence-corrected chi connectivity index (χ3v) is 16.8. The molecule has 1 aliphatic heterocycles. The molecule has 1 atom stereocenters. The van der Waals surface area contributed by atoms with Crippen molar-refractivity contribution < 1.29 is 58.3 Å². The lowest BCUT2D eigenvalue weighted by Gasteiger charge is -2.35. The number of ether oxygens (including phenoxy) is 2. The minimum atomic E-state index is -4.08. The summed E-state index contributed by atoms with van der Waals surface area (Å²) in [6.07, 6.45) is -1.93. The van der Waals surface area contributed by atoms with Crippen LogP contribution in [-0.2, 0) is 52.9 Å². The summed E-state index contributed by atoms with van der Waals surface area (Å²) < 4.78 is 112. The van der Waals surface area contributed by atoms with E-state index in [1.165, 1.54) is 92.6 Å². The van der Waals surface area contributed by atoms with Crippen molar-refractivity contribution in [3.8, 4) is 11.5 Å². The molecule has 22 nitrogen and oxygen atoms in total. The topological polar surface area (TPSA) is 271 Å². The van der Waals surface area contributed by atoms with Crippen molar-refractivity contribution in [2.75, 3.05) is 70.9 Å². The Hall–Kier alpha value is -9.05. The van der Waals surface area contributed by atoms with Crippen molar-refractivity contribution in [2.24, 2.45) is 0 Å². The van der Waals surface area contributed by atoms with Crippen LogP contribution in [0, 0.1) is 11.6 Å². The van der Waals surface area contributed by atoms with E-state index in [0.29, 0.717) is 53.6 Å². The van der Waals surface area contributed by atoms with Gasteiger partial charge in [0.05, 0.1) is 11.4 Å². The van der Waals surface area contributed by atoms with Gasteiger partial charge in [-0.25, -0.2) is 37.4 Å². The predicted octanol–water partition coefficient (Wildman–Crippen LogP) is 7.61. The molecule has 1 aliphatic rings. The van der Waals surface area contributed by atoms with Gasteiger partial charge in [-0.1, -0.05) is 66.7 Å². The fourth-order valence-corrected chi connectivity index (χ4v) is 11.0. The van der Waals surface area contributed by atoms with Crippen LogP contribution < -0.4 is 44.9 Å². The van der Waals surface area contributed by atoms with Crippen molar-refractivity contribution in [3.05, 3.63) is 210 Å². The Balaban J connectivity index is 0.904. The average molecular weight is 1230 g/mol. The van der Waals surface area contributed by atoms with Gasteiger partial charge in [0.25, 0.3) is 26.3 Å². The minimum absolute atomic E-state index is 0.0112. The van der Waals surface area contributed by atoms with Gasteiger partial charge in [0.15, 0.2) is 11.6 Å². The molecule has 26 heteroatoms. The highest BCUT2D eigenvalue weighted by atomic mass is 32.2. The lowest BCUT2D eigenvalue weighted by molar-refractivity contribution is 0.0628. The molecule has 3 amide bonds. The summed E-state index contributed by atoms with van der Waals surface area (Å²) in [5, 5.41) is 4.38. The number of nitrogens with zero attached hydrogens (tertiary/aromatic N) is 4. The van der Waals surface area contributed by atoms with Gasteiger partial charge in [-0.3, -0.25) is 19.1 Å². The lowest BCUT2D eigenvalue weighted by Crippen LogP contribution is -2.48. The van der Waals surface area contributed by atoms with E-state index >= 15 is 8.78 Å². The third-order valence-electron chi connectivity index (χ3n) is 14.7. The molecule has 0 saturated carbocycles. The average Bonchev–Trinajstić information content (AvgIpc) is 1.11. The van der Waals surface area contributed by atoms with Gasteiger partial charge in [0, 0.05) is 140 Å². The lowest BCUT2D eigenvalue weighted by atomic mass is 9.97. The molecule has 0 radical (unpaired) electrons. The maximum Gasteiger partial charge on any atom is 0.415 e. The number of carbonyl (C=O) groups is 3. The molecule has 0 aliphatic carbocycles. The largest absolute Gasteiger partial charge is 0.422 e. The molecule has 8 aromatic rings. The van der Waals surface area contributed by atoms with Crippen molar-refractivity contribution >= 4 is 71.8 Å². The molecule has 1 fully saturated rings. The first-order valence-electron chi connectivity index (χ1n) is 27.4. The number of piperazine rings is 1. The number of hydrogen-bond donors (Lipinski definition) is 5. The number of benzene rings is 6. The fraction of sp³-hybridized carbons (Fsp3) is 0.262. The van der Waals surface area contributed by atoms with Gasteiger partial charge in [-0.05, 0) is 88.8 Å². The Morgan fingerprint density at radius 2 is 1.13 bits per heavy atom. The molecule has 5 N–H and O–H groups in total. The standard InChI is InChI=1S/C61H63F2N9O13S2/c1-37(66-34-49-45-24-22-43(82-60(76)69(4)5)32-53(45)84-58(74)47(49)30-41-14-10-16-51(55(41)62)67-86(78,79)64-2)39-20-18-38(19-21-39)35-70(6)61(77)83-44-23-25-46-50(36-71-26-28-72(29-27-71)57(73)40-12-8-7-9-13-40)48(59(75)85-54(46)33-44)31-42-15-11-17-52(56(42)63)68-87(80,81)65-3/h7-25,32-33,37,64-68H,26-31,34-36H2,1-6H3. The van der Waals surface area contributed by atoms with Gasteiger partial charge in [-0.15, -0.1) is 0 Å². The summed E-state index contributed by atoms with van der Waals surface area (Å²) in [6.45, 7) is 3.97. The number of carbonyl (C=O) groups excluding carboxylic acids is 3. The monoisotopic (exact) mass is 1230 g/mol. The van der Waals surface area contributed by atoms with E-state index in [1.54, 1.807) is 54.4 Å². The summed E-state index contributed by atoms with van der Waals surface area (Å²) >= 11 is 0. The van der Waals surface area contributed by atoms with Gasteiger partial charge < -0.3 is 38.3 Å². The van der Waals surface area contributed by atoms with Crippen LogP contribution >= 0.6 is 0 Å². The van der Waals surface area contributed by atoms with Crippen LogP contribution in [0.4, 0.5) is 29.7 Å². The molecule has 3 heterocycles. The molecule has 0 bridgehead atoms. The zero-order chi connectivity index (χ0) is 62.3. The second kappa shape index (κ2) is 26.7. The second-order valence-corrected chi connectivity index (χ2v) is 24.0. The number of amides is 3. The quantitative estimate of drug-likeness (QED) is 0.0433. The Morgan fingerprint density at radius 1 is 0.621 bits per heavy atom. The van der Waals surface area contributed by atoms with Crippen LogP contribution in [0.1, 0.15) is 67.8 Å². The number of rotatable bonds is 21. The fourth-order valence-electron chi connectivity index (χ4n) is 9.89. The number of halogens is 2. The van der Waals surface area contributed by atoms with Gasteiger partial charge in [0.2, 0.25) is 0 Å². The first-order valence-corrected chi connectivity index (χ1v) is 30.3. The number of hydrogen-bond acceptors (Lipinski definition) is 15. The van der Waals surface area contributed by atoms with E-state index in [9.17, 15) is 40.8 Å². The summed E-state index contributed by atoms with van der Waals surface area (Å²) in [6, 6.07) is 33.5. The maximum atomic E-state index is 16.0. The molecule has 456 valence electrons. The first kappa shape index (κ1) is 62.5. The minimum Gasteiger partial charge on any atom is -0.422 e. The van der Waals surface area contributed by atoms with Crippen LogP contribution in [0.25, 0.3) is 21.9 Å². The Kier molecular flexibility index (Phi) is 19.2. The Labute approximate surface area is 500 Å². The smallest absolute Gasteiger partial charge is 0.415 e. The summed E-state index contributed by atoms with van der Waals surface area (Å²) in [5.41, 5.74) is 1.30. The Bertz CT molecular complexity index is 4260. The number of nitrogens with one attached hydrogen (secondary N) is 5. The van der Waals surface area contributed by atoms with E-state index in [-0.39, 0.29) is 101 Å². The molecular formula is C61H63F2N9O13S2. The zero-order valence-corrected chi connectivity index (χ0v) is 49.9. The molecular weight excluding hydrogens is 1170 g/mol. The van der Waals surface area contributed by atoms with Crippen molar-refractivity contribution in [3.63, 3.8) is 0 Å². The van der Waals surface area contributed by atoms with Gasteiger partial charge >= 0.3 is 23.4 Å². The second-order valence-electron chi connectivity index (χ2n) is 20.8. The summed E-state index contributed by atoms with van der Waals surface area (Å²) in [5.74, 6) is -1.70. The van der Waals surface area contributed by atoms with Crippen LogP contribution in [0.5, 0.6) is 11.5 Å². The van der Waals surface area contributed by atoms with Crippen molar-refractivity contribution in [2.45, 2.75) is 45.4 Å². The predicted molar refractivity (Wildman–Crippen MR) is 323 cm³/mol. The van der Waals surface area contributed by atoms with Crippen LogP contribution in [0.2, 0.25) is 0 Å². The van der Waals surface area contributed by atoms with E-state index in [4.69, 9.17) is 18.3 Å². The molecule has 1 unspecified atom stereocenters. The van der Waals surface area contributed by atoms with Crippen LogP contribution in [0.3, 0.4) is 0 Å². The normalized spacial score (nSPS) is 13.3. The van der Waals surface area contributed by atoms with Crippen LogP contribution in [-0.4, -0.2) is 116 Å². The molecule has 0 spiro atoms. The van der Waals surface area contributed by atoms with Crippen LogP contribution in [0.15, 0.2) is 146 Å². The first-order chi connectivity index (χ1) is 41.5. The van der Waals surface area contributed by atoms with E-state index < -0.39 is 55.5 Å². The SMILES string of the molecule is CNS(=O)(=O)Nc1cccc(Cc2c(CNC(C)c3ccc(CN(C)C(=O)Oc4ccc5c(CN6CCN(C(=O)c7ccccc7)CC6)c(Cc6cccc(NS(=O)(=O)NC)c6F)c(=O)oc5c4)cc3)c3ccc(OC(=O)N(C)C)cc3oc2=O)c1F. The van der Waals surface area contributed by atoms with Gasteiger partial charge in [0.1, 0.15) is 22.7 Å². The molecule has 6 aromatic carbocycles. The van der Waals surface area contributed by atoms with Gasteiger partial charge in [-0.2, -0.15) is 16.8 Å². The maximum absolute atomic E-state index is 16.0. The molecule has 9 rings (SSSR count). The number of anilines is 2. The number of fused-ring (bicyclic) bond motifs is 2. The van der Waals surface area contributed by atoms with Crippen molar-refractivity contribution in [1.82, 2.24) is 34.4 Å². The summed E-state index contributed by atoms with van der Waals surface area (Å²) in [4.78, 5) is 73.6. The highest BCUT2D eigenvalue weighted by Crippen LogP contribution is 2.32. The van der Waals surface area contributed by atoms with Crippen molar-refractivity contribution in [1.29, 1.82) is 0 Å². The zero-order valence-electron chi connectivity index (χ0n) is 48.2. The highest BCUT2D eigenvalue weighted by molar-refractivity contribution is 7.91. The summed E-state index contributed by atoms with van der Waals surface area (Å²) in [7, 11) is -1.24. The molecule has 2 aromatic heterocycles. The van der Waals surface area contributed by atoms with E-state index in [0.717, 1.165) is 11.1 Å². The highest BCUT2D eigenvalue weighted by Gasteiger charge is 2.27. The third kappa shape index (κ3) is 15.0. The molecule has 1 saturated heterocycles. The van der Waals surface area contributed by atoms with E-state index in [1.807, 2.05) is 37.3 Å². The molecule has 87 heavy (non-hydrogen) atoms. The Morgan fingerprint density at radius 3 is 1.64 bits per heavy atom.